The maximum atomic E-state index is 2.32. The molecule has 0 aromatic heterocycles. The molecule has 1 aromatic rings. The lowest BCUT2D eigenvalue weighted by Crippen LogP contribution is -1.86. The SMILES string of the molecule is C/C=C\C=C(/C)c1cccc(/C(=C/CC)CC)c1. The summed E-state index contributed by atoms with van der Waals surface area (Å²) in [6.07, 6.45) is 10.8. The predicted octanol–water partition coefficient (Wildman–Crippen LogP) is 5.87. The van der Waals surface area contributed by atoms with Gasteiger partial charge in [0.25, 0.3) is 0 Å². The fourth-order valence-corrected chi connectivity index (χ4v) is 2.01. The van der Waals surface area contributed by atoms with Gasteiger partial charge in [0.05, 0.1) is 0 Å². The van der Waals surface area contributed by atoms with Crippen LogP contribution in [-0.4, -0.2) is 0 Å². The largest absolute Gasteiger partial charge is 0.0877 e. The molecule has 0 unspecified atom stereocenters. The number of rotatable bonds is 5. The zero-order valence-corrected chi connectivity index (χ0v) is 12.0. The van der Waals surface area contributed by atoms with E-state index in [4.69, 9.17) is 0 Å². The van der Waals surface area contributed by atoms with Crippen LogP contribution in [0.2, 0.25) is 0 Å². The molecule has 0 saturated carbocycles. The van der Waals surface area contributed by atoms with Gasteiger partial charge in [0.1, 0.15) is 0 Å². The Balaban J connectivity index is 3.09. The smallest absolute Gasteiger partial charge is 0.0221 e. The maximum absolute atomic E-state index is 2.32. The van der Waals surface area contributed by atoms with Gasteiger partial charge in [0.2, 0.25) is 0 Å². The Kier molecular flexibility index (Phi) is 6.21. The molecule has 18 heavy (non-hydrogen) atoms. The first kappa shape index (κ1) is 14.5. The number of hydrogen-bond acceptors (Lipinski definition) is 0. The van der Waals surface area contributed by atoms with E-state index in [0.717, 1.165) is 12.8 Å². The molecule has 0 nitrogen and oxygen atoms in total. The van der Waals surface area contributed by atoms with Crippen LogP contribution in [0.4, 0.5) is 0 Å². The Morgan fingerprint density at radius 3 is 2.50 bits per heavy atom. The zero-order chi connectivity index (χ0) is 13.4. The molecule has 0 N–H and O–H groups in total. The van der Waals surface area contributed by atoms with Gasteiger partial charge >= 0.3 is 0 Å². The van der Waals surface area contributed by atoms with Crippen molar-refractivity contribution >= 4 is 11.1 Å². The Morgan fingerprint density at radius 2 is 1.89 bits per heavy atom. The monoisotopic (exact) mass is 240 g/mol. The highest BCUT2D eigenvalue weighted by atomic mass is 14.1. The summed E-state index contributed by atoms with van der Waals surface area (Å²) in [5, 5.41) is 0. The highest BCUT2D eigenvalue weighted by Gasteiger charge is 2.01. The van der Waals surface area contributed by atoms with Crippen LogP contribution >= 0.6 is 0 Å². The summed E-state index contributed by atoms with van der Waals surface area (Å²) >= 11 is 0. The van der Waals surface area contributed by atoms with E-state index in [1.807, 2.05) is 6.92 Å². The van der Waals surface area contributed by atoms with Crippen molar-refractivity contribution in [3.05, 3.63) is 59.7 Å². The molecule has 0 heteroatoms. The van der Waals surface area contributed by atoms with Gasteiger partial charge in [-0.05, 0) is 55.0 Å². The van der Waals surface area contributed by atoms with E-state index in [2.05, 4.69) is 69.3 Å². The van der Waals surface area contributed by atoms with E-state index in [1.54, 1.807) is 0 Å². The minimum Gasteiger partial charge on any atom is -0.0877 e. The normalized spacial score (nSPS) is 13.3. The average molecular weight is 240 g/mol. The van der Waals surface area contributed by atoms with Crippen LogP contribution in [0.25, 0.3) is 11.1 Å². The van der Waals surface area contributed by atoms with Crippen LogP contribution in [-0.2, 0) is 0 Å². The van der Waals surface area contributed by atoms with Crippen molar-refractivity contribution in [1.82, 2.24) is 0 Å². The first-order valence-corrected chi connectivity index (χ1v) is 6.82. The highest BCUT2D eigenvalue weighted by Crippen LogP contribution is 2.23. The predicted molar refractivity (Wildman–Crippen MR) is 83.5 cm³/mol. The summed E-state index contributed by atoms with van der Waals surface area (Å²) < 4.78 is 0. The fourth-order valence-electron chi connectivity index (χ4n) is 2.01. The average Bonchev–Trinajstić information content (AvgIpc) is 2.42. The van der Waals surface area contributed by atoms with Crippen molar-refractivity contribution in [2.45, 2.75) is 40.5 Å². The van der Waals surface area contributed by atoms with E-state index in [-0.39, 0.29) is 0 Å². The molecule has 0 fully saturated rings. The summed E-state index contributed by atoms with van der Waals surface area (Å²) in [7, 11) is 0. The van der Waals surface area contributed by atoms with E-state index >= 15 is 0 Å². The first-order chi connectivity index (χ1) is 8.72. The molecule has 0 bridgehead atoms. The van der Waals surface area contributed by atoms with Crippen LogP contribution in [0.3, 0.4) is 0 Å². The lowest BCUT2D eigenvalue weighted by molar-refractivity contribution is 1.17. The quantitative estimate of drug-likeness (QED) is 0.565. The molecule has 0 amide bonds. The van der Waals surface area contributed by atoms with Gasteiger partial charge in [-0.15, -0.1) is 0 Å². The molecule has 1 aromatic carbocycles. The van der Waals surface area contributed by atoms with Crippen LogP contribution in [0.15, 0.2) is 48.6 Å². The molecular formula is C18H24. The number of allylic oxidation sites excluding steroid dienone is 6. The first-order valence-electron chi connectivity index (χ1n) is 6.82. The molecule has 0 aliphatic carbocycles. The Morgan fingerprint density at radius 1 is 1.17 bits per heavy atom. The van der Waals surface area contributed by atoms with Crippen molar-refractivity contribution in [3.63, 3.8) is 0 Å². The lowest BCUT2D eigenvalue weighted by Gasteiger charge is -2.08. The second kappa shape index (κ2) is 7.71. The summed E-state index contributed by atoms with van der Waals surface area (Å²) in [6.45, 7) is 8.61. The lowest BCUT2D eigenvalue weighted by atomic mass is 9.97. The second-order valence-corrected chi connectivity index (χ2v) is 4.45. The van der Waals surface area contributed by atoms with Gasteiger partial charge in [0, 0.05) is 0 Å². The second-order valence-electron chi connectivity index (χ2n) is 4.45. The minimum absolute atomic E-state index is 1.09. The van der Waals surface area contributed by atoms with Crippen molar-refractivity contribution < 1.29 is 0 Å². The van der Waals surface area contributed by atoms with Gasteiger partial charge in [0.15, 0.2) is 0 Å². The van der Waals surface area contributed by atoms with E-state index in [1.165, 1.54) is 22.3 Å². The number of hydrogen-bond donors (Lipinski definition) is 0. The summed E-state index contributed by atoms with van der Waals surface area (Å²) in [5.74, 6) is 0. The highest BCUT2D eigenvalue weighted by molar-refractivity contribution is 5.72. The summed E-state index contributed by atoms with van der Waals surface area (Å²) in [5.41, 5.74) is 5.41. The van der Waals surface area contributed by atoms with E-state index in [0.29, 0.717) is 0 Å². The van der Waals surface area contributed by atoms with E-state index in [9.17, 15) is 0 Å². The van der Waals surface area contributed by atoms with Gasteiger partial charge in [-0.3, -0.25) is 0 Å². The maximum Gasteiger partial charge on any atom is -0.0221 e. The van der Waals surface area contributed by atoms with Gasteiger partial charge in [-0.25, -0.2) is 0 Å². The Bertz CT molecular complexity index is 459. The Hall–Kier alpha value is -1.56. The number of benzene rings is 1. The van der Waals surface area contributed by atoms with Gasteiger partial charge in [-0.2, -0.15) is 0 Å². The third kappa shape index (κ3) is 4.03. The molecule has 0 aliphatic heterocycles. The van der Waals surface area contributed by atoms with Crippen LogP contribution < -0.4 is 0 Å². The summed E-state index contributed by atoms with van der Waals surface area (Å²) in [4.78, 5) is 0. The third-order valence-electron chi connectivity index (χ3n) is 3.06. The molecule has 0 atom stereocenters. The molecule has 0 aliphatic rings. The van der Waals surface area contributed by atoms with Crippen molar-refractivity contribution in [3.8, 4) is 0 Å². The topological polar surface area (TPSA) is 0 Å². The fraction of sp³-hybridized carbons (Fsp3) is 0.333. The van der Waals surface area contributed by atoms with Crippen LogP contribution in [0, 0.1) is 0 Å². The molecule has 96 valence electrons. The van der Waals surface area contributed by atoms with Crippen molar-refractivity contribution in [1.29, 1.82) is 0 Å². The zero-order valence-electron chi connectivity index (χ0n) is 12.0. The molecule has 1 rings (SSSR count). The van der Waals surface area contributed by atoms with Gasteiger partial charge < -0.3 is 0 Å². The van der Waals surface area contributed by atoms with E-state index < -0.39 is 0 Å². The third-order valence-corrected chi connectivity index (χ3v) is 3.06. The molecule has 0 saturated heterocycles. The molecule has 0 heterocycles. The van der Waals surface area contributed by atoms with Crippen molar-refractivity contribution in [2.75, 3.05) is 0 Å². The standard InChI is InChI=1S/C18H24/c1-5-8-11-15(4)17-12-9-13-18(14-17)16(7-3)10-6-2/h5,8-14H,6-7H2,1-4H3/b8-5-,15-11+,16-10+. The summed E-state index contributed by atoms with van der Waals surface area (Å²) in [6, 6.07) is 8.83. The molecule has 0 radical (unpaired) electrons. The van der Waals surface area contributed by atoms with Crippen LogP contribution in [0.5, 0.6) is 0 Å². The van der Waals surface area contributed by atoms with Crippen LogP contribution in [0.1, 0.15) is 51.7 Å². The minimum atomic E-state index is 1.09. The Labute approximate surface area is 112 Å². The van der Waals surface area contributed by atoms with Gasteiger partial charge in [-0.1, -0.05) is 56.4 Å². The molecular weight excluding hydrogens is 216 g/mol. The molecule has 0 spiro atoms. The van der Waals surface area contributed by atoms with Crippen molar-refractivity contribution in [2.24, 2.45) is 0 Å².